The molecule has 57 heavy (non-hydrogen) atoms. The summed E-state index contributed by atoms with van der Waals surface area (Å²) in [6.07, 6.45) is 0. The van der Waals surface area contributed by atoms with Gasteiger partial charge in [0, 0.05) is 60.4 Å². The van der Waals surface area contributed by atoms with Gasteiger partial charge in [-0.15, -0.1) is 0 Å². The highest BCUT2D eigenvalue weighted by molar-refractivity contribution is 6.22. The molecule has 0 amide bonds. The summed E-state index contributed by atoms with van der Waals surface area (Å²) in [7, 11) is 0. The predicted octanol–water partition coefficient (Wildman–Crippen LogP) is 13.0. The lowest BCUT2D eigenvalue weighted by atomic mass is 10.1. The zero-order chi connectivity index (χ0) is 37.5. The van der Waals surface area contributed by atoms with Crippen LogP contribution >= 0.6 is 0 Å². The van der Waals surface area contributed by atoms with Gasteiger partial charge in [-0.2, -0.15) is 0 Å². The van der Waals surface area contributed by atoms with E-state index in [-0.39, 0.29) is 0 Å². The number of rotatable bonds is 5. The molecule has 266 valence electrons. The van der Waals surface area contributed by atoms with E-state index in [1.807, 2.05) is 60.7 Å². The summed E-state index contributed by atoms with van der Waals surface area (Å²) in [6.45, 7) is 0. The molecule has 0 spiro atoms. The van der Waals surface area contributed by atoms with Crippen molar-refractivity contribution < 1.29 is 4.42 Å². The van der Waals surface area contributed by atoms with E-state index < -0.39 is 0 Å². The Morgan fingerprint density at radius 2 is 0.877 bits per heavy atom. The maximum absolute atomic E-state index is 6.89. The Balaban J connectivity index is 1.09. The SMILES string of the molecule is c1ccc(-c2nc(-c3ccccc3)nc(-c3ccc4c(c3)c3ccc5c6cc(-n7c8ccccc8c8ccccc87)ccc6oc5c3n4-c3ccccc3)n2)cc1. The highest BCUT2D eigenvalue weighted by Gasteiger charge is 2.22. The number of hydrogen-bond acceptors (Lipinski definition) is 4. The Bertz CT molecular complexity index is 3400. The number of aromatic nitrogens is 5. The van der Waals surface area contributed by atoms with Gasteiger partial charge in [-0.25, -0.2) is 15.0 Å². The molecule has 0 atom stereocenters. The van der Waals surface area contributed by atoms with Crippen molar-refractivity contribution in [3.63, 3.8) is 0 Å². The molecule has 12 aromatic rings. The molecule has 6 nitrogen and oxygen atoms in total. The molecule has 0 aliphatic rings. The Morgan fingerprint density at radius 3 is 1.53 bits per heavy atom. The van der Waals surface area contributed by atoms with Gasteiger partial charge >= 0.3 is 0 Å². The maximum Gasteiger partial charge on any atom is 0.164 e. The molecular formula is C51H31N5O. The molecule has 0 radical (unpaired) electrons. The normalized spacial score (nSPS) is 11.9. The number of benzene rings is 8. The van der Waals surface area contributed by atoms with Crippen molar-refractivity contribution in [1.29, 1.82) is 0 Å². The molecular weight excluding hydrogens is 699 g/mol. The van der Waals surface area contributed by atoms with E-state index in [9.17, 15) is 0 Å². The van der Waals surface area contributed by atoms with E-state index in [4.69, 9.17) is 19.4 Å². The Hall–Kier alpha value is -7.83. The average Bonchev–Trinajstić information content (AvgIpc) is 3.94. The van der Waals surface area contributed by atoms with Crippen LogP contribution in [-0.2, 0) is 0 Å². The summed E-state index contributed by atoms with van der Waals surface area (Å²) in [5.41, 5.74) is 11.1. The highest BCUT2D eigenvalue weighted by Crippen LogP contribution is 2.42. The van der Waals surface area contributed by atoms with Crippen LogP contribution in [0.4, 0.5) is 0 Å². The fourth-order valence-electron chi connectivity index (χ4n) is 8.58. The summed E-state index contributed by atoms with van der Waals surface area (Å²) >= 11 is 0. The Labute approximate surface area is 326 Å². The Kier molecular flexibility index (Phi) is 6.83. The lowest BCUT2D eigenvalue weighted by Crippen LogP contribution is -2.00. The third kappa shape index (κ3) is 4.87. The second-order valence-electron chi connectivity index (χ2n) is 14.4. The fraction of sp³-hybridized carbons (Fsp3) is 0. The van der Waals surface area contributed by atoms with Crippen molar-refractivity contribution in [1.82, 2.24) is 24.1 Å². The van der Waals surface area contributed by atoms with Crippen LogP contribution < -0.4 is 0 Å². The molecule has 4 heterocycles. The summed E-state index contributed by atoms with van der Waals surface area (Å²) in [6, 6.07) is 65.5. The second-order valence-corrected chi connectivity index (χ2v) is 14.4. The second kappa shape index (κ2) is 12.3. The minimum atomic E-state index is 0.618. The summed E-state index contributed by atoms with van der Waals surface area (Å²) in [4.78, 5) is 15.0. The molecule has 4 aromatic heterocycles. The van der Waals surface area contributed by atoms with Crippen molar-refractivity contribution in [2.75, 3.05) is 0 Å². The van der Waals surface area contributed by atoms with E-state index in [0.717, 1.165) is 71.8 Å². The molecule has 0 aliphatic carbocycles. The predicted molar refractivity (Wildman–Crippen MR) is 232 cm³/mol. The third-order valence-corrected chi connectivity index (χ3v) is 11.2. The van der Waals surface area contributed by atoms with Gasteiger partial charge in [0.05, 0.1) is 22.1 Å². The quantitative estimate of drug-likeness (QED) is 0.177. The molecule has 0 saturated heterocycles. The van der Waals surface area contributed by atoms with Gasteiger partial charge in [-0.05, 0) is 66.7 Å². The van der Waals surface area contributed by atoms with Crippen LogP contribution in [0, 0.1) is 0 Å². The molecule has 12 rings (SSSR count). The average molecular weight is 730 g/mol. The summed E-state index contributed by atoms with van der Waals surface area (Å²) in [5, 5.41) is 6.79. The highest BCUT2D eigenvalue weighted by atomic mass is 16.3. The van der Waals surface area contributed by atoms with Gasteiger partial charge in [-0.3, -0.25) is 0 Å². The first-order valence-corrected chi connectivity index (χ1v) is 19.1. The number of para-hydroxylation sites is 3. The van der Waals surface area contributed by atoms with Gasteiger partial charge in [0.15, 0.2) is 23.1 Å². The van der Waals surface area contributed by atoms with Crippen molar-refractivity contribution in [3.05, 3.63) is 188 Å². The summed E-state index contributed by atoms with van der Waals surface area (Å²) in [5.74, 6) is 1.89. The van der Waals surface area contributed by atoms with Gasteiger partial charge in [0.25, 0.3) is 0 Å². The monoisotopic (exact) mass is 729 g/mol. The van der Waals surface area contributed by atoms with E-state index in [0.29, 0.717) is 17.5 Å². The number of furan rings is 1. The van der Waals surface area contributed by atoms with Crippen LogP contribution in [0.1, 0.15) is 0 Å². The molecule has 0 aliphatic heterocycles. The van der Waals surface area contributed by atoms with Crippen molar-refractivity contribution in [2.45, 2.75) is 0 Å². The van der Waals surface area contributed by atoms with Gasteiger partial charge in [0.1, 0.15) is 5.58 Å². The number of nitrogens with zero attached hydrogens (tertiary/aromatic N) is 5. The van der Waals surface area contributed by atoms with E-state index >= 15 is 0 Å². The van der Waals surface area contributed by atoms with Crippen LogP contribution in [0.2, 0.25) is 0 Å². The lowest BCUT2D eigenvalue weighted by molar-refractivity contribution is 0.671. The molecule has 0 N–H and O–H groups in total. The first-order valence-electron chi connectivity index (χ1n) is 19.1. The van der Waals surface area contributed by atoms with Crippen molar-refractivity contribution >= 4 is 65.6 Å². The van der Waals surface area contributed by atoms with Crippen molar-refractivity contribution in [3.8, 4) is 45.5 Å². The lowest BCUT2D eigenvalue weighted by Gasteiger charge is -2.09. The van der Waals surface area contributed by atoms with E-state index in [2.05, 4.69) is 137 Å². The molecule has 8 aromatic carbocycles. The molecule has 6 heteroatoms. The number of hydrogen-bond donors (Lipinski definition) is 0. The van der Waals surface area contributed by atoms with E-state index in [1.54, 1.807) is 0 Å². The van der Waals surface area contributed by atoms with Crippen LogP contribution in [0.25, 0.3) is 111 Å². The fourth-order valence-corrected chi connectivity index (χ4v) is 8.58. The summed E-state index contributed by atoms with van der Waals surface area (Å²) < 4.78 is 11.6. The first kappa shape index (κ1) is 31.5. The Morgan fingerprint density at radius 1 is 0.333 bits per heavy atom. The third-order valence-electron chi connectivity index (χ3n) is 11.2. The van der Waals surface area contributed by atoms with Crippen LogP contribution in [0.3, 0.4) is 0 Å². The van der Waals surface area contributed by atoms with Crippen LogP contribution in [-0.4, -0.2) is 24.1 Å². The molecule has 0 saturated carbocycles. The first-order chi connectivity index (χ1) is 28.3. The zero-order valence-corrected chi connectivity index (χ0v) is 30.5. The molecule has 0 unspecified atom stereocenters. The standard InChI is InChI=1S/C51H31N5O/c1-4-14-32(15-5-1)49-52-50(33-16-6-2-7-17-33)54-51(53-49)34-24-28-45-41(30-34)39-26-27-40-42-31-36(55-43-22-12-10-20-37(43)38-21-11-13-23-44(38)55)25-29-46(42)57-48(40)47(39)56(45)35-18-8-3-9-19-35/h1-31H. The molecule has 0 fully saturated rings. The van der Waals surface area contributed by atoms with Gasteiger partial charge in [0.2, 0.25) is 0 Å². The molecule has 0 bridgehead atoms. The largest absolute Gasteiger partial charge is 0.454 e. The minimum Gasteiger partial charge on any atom is -0.454 e. The number of fused-ring (bicyclic) bond motifs is 10. The van der Waals surface area contributed by atoms with Crippen molar-refractivity contribution in [2.24, 2.45) is 0 Å². The van der Waals surface area contributed by atoms with Gasteiger partial charge in [-0.1, -0.05) is 121 Å². The van der Waals surface area contributed by atoms with Gasteiger partial charge < -0.3 is 13.6 Å². The van der Waals surface area contributed by atoms with Crippen LogP contribution in [0.5, 0.6) is 0 Å². The minimum absolute atomic E-state index is 0.618. The zero-order valence-electron chi connectivity index (χ0n) is 30.5. The van der Waals surface area contributed by atoms with Crippen LogP contribution in [0.15, 0.2) is 192 Å². The van der Waals surface area contributed by atoms with E-state index in [1.165, 1.54) is 21.8 Å². The topological polar surface area (TPSA) is 61.7 Å². The smallest absolute Gasteiger partial charge is 0.164 e. The maximum atomic E-state index is 6.89.